The van der Waals surface area contributed by atoms with Crippen molar-refractivity contribution in [1.29, 1.82) is 0 Å². The van der Waals surface area contributed by atoms with Gasteiger partial charge in [-0.2, -0.15) is 0 Å². The maximum absolute atomic E-state index is 13.5. The molecule has 0 bridgehead atoms. The number of hydrogen-bond donors (Lipinski definition) is 4. The highest BCUT2D eigenvalue weighted by Gasteiger charge is 2.41. The molecule has 2 fully saturated rings. The molecule has 2 aliphatic rings. The lowest BCUT2D eigenvalue weighted by Crippen LogP contribution is -2.19. The van der Waals surface area contributed by atoms with Crippen LogP contribution in [0.1, 0.15) is 47.7 Å². The number of aromatic amines is 2. The summed E-state index contributed by atoms with van der Waals surface area (Å²) in [6.45, 7) is -0.675. The molecule has 2 saturated heterocycles. The van der Waals surface area contributed by atoms with Gasteiger partial charge in [0.1, 0.15) is 11.6 Å². The molecular weight excluding hydrogens is 496 g/mol. The van der Waals surface area contributed by atoms with Gasteiger partial charge >= 0.3 is 0 Å². The zero-order chi connectivity index (χ0) is 26.3. The van der Waals surface area contributed by atoms with Gasteiger partial charge in [0.2, 0.25) is 0 Å². The van der Waals surface area contributed by atoms with Gasteiger partial charge in [0.05, 0.1) is 49.0 Å². The maximum Gasteiger partial charge on any atom is 0.262 e. The van der Waals surface area contributed by atoms with E-state index in [4.69, 9.17) is 0 Å². The first kappa shape index (κ1) is 24.4. The van der Waals surface area contributed by atoms with E-state index in [0.29, 0.717) is 11.6 Å². The molecule has 0 saturated carbocycles. The summed E-state index contributed by atoms with van der Waals surface area (Å²) in [6, 6.07) is 14.2. The fraction of sp³-hybridized carbons (Fsp3) is 0.286. The van der Waals surface area contributed by atoms with Crippen molar-refractivity contribution in [1.82, 2.24) is 30.6 Å². The van der Waals surface area contributed by atoms with Gasteiger partial charge in [-0.3, -0.25) is 0 Å². The second kappa shape index (κ2) is 9.42. The Morgan fingerprint density at radius 3 is 1.37 bits per heavy atom. The van der Waals surface area contributed by atoms with Crippen molar-refractivity contribution < 1.29 is 17.6 Å². The van der Waals surface area contributed by atoms with Crippen molar-refractivity contribution in [3.05, 3.63) is 83.7 Å². The average Bonchev–Trinajstić information content (AvgIpc) is 3.70. The number of hydrogen-bond acceptors (Lipinski definition) is 4. The molecule has 2 aromatic heterocycles. The van der Waals surface area contributed by atoms with Gasteiger partial charge in [0, 0.05) is 24.0 Å². The van der Waals surface area contributed by atoms with Gasteiger partial charge in [-0.25, -0.2) is 27.5 Å². The van der Waals surface area contributed by atoms with E-state index in [1.165, 1.54) is 0 Å². The normalized spacial score (nSPS) is 21.8. The molecule has 0 radical (unpaired) electrons. The second-order valence-corrected chi connectivity index (χ2v) is 9.76. The minimum Gasteiger partial charge on any atom is -0.341 e. The highest BCUT2D eigenvalue weighted by molar-refractivity contribution is 5.62. The smallest absolute Gasteiger partial charge is 0.262 e. The van der Waals surface area contributed by atoms with Crippen LogP contribution in [0.5, 0.6) is 0 Å². The summed E-state index contributed by atoms with van der Waals surface area (Å²) in [6.07, 6.45) is 2.77. The molecule has 0 spiro atoms. The van der Waals surface area contributed by atoms with E-state index >= 15 is 0 Å². The number of H-pyrrole nitrogens is 2. The van der Waals surface area contributed by atoms with Crippen molar-refractivity contribution >= 4 is 0 Å². The Kier molecular flexibility index (Phi) is 6.05. The molecule has 2 aromatic carbocycles. The van der Waals surface area contributed by atoms with Crippen molar-refractivity contribution in [3.63, 3.8) is 0 Å². The van der Waals surface area contributed by atoms with E-state index in [0.717, 1.165) is 33.6 Å². The Morgan fingerprint density at radius 2 is 1.03 bits per heavy atom. The van der Waals surface area contributed by atoms with Crippen LogP contribution < -0.4 is 10.6 Å². The first-order chi connectivity index (χ1) is 18.2. The predicted octanol–water partition coefficient (Wildman–Crippen LogP) is 5.21. The second-order valence-electron chi connectivity index (χ2n) is 9.76. The van der Waals surface area contributed by atoms with Crippen molar-refractivity contribution in [2.24, 2.45) is 0 Å². The molecule has 0 unspecified atom stereocenters. The fourth-order valence-electron chi connectivity index (χ4n) is 4.75. The van der Waals surface area contributed by atoms with Crippen LogP contribution in [0.4, 0.5) is 17.6 Å². The number of nitrogens with zero attached hydrogens (tertiary/aromatic N) is 2. The summed E-state index contributed by atoms with van der Waals surface area (Å²) in [7, 11) is 0. The van der Waals surface area contributed by atoms with Crippen LogP contribution >= 0.6 is 0 Å². The molecule has 6 nitrogen and oxygen atoms in total. The first-order valence-electron chi connectivity index (χ1n) is 12.3. The van der Waals surface area contributed by atoms with E-state index < -0.39 is 23.9 Å². The molecule has 4 heterocycles. The zero-order valence-electron chi connectivity index (χ0n) is 20.2. The van der Waals surface area contributed by atoms with Crippen LogP contribution in [-0.2, 0) is 0 Å². The summed E-state index contributed by atoms with van der Waals surface area (Å²) in [5, 5.41) is 5.61. The predicted molar refractivity (Wildman–Crippen MR) is 135 cm³/mol. The number of nitrogens with one attached hydrogen (secondary N) is 4. The molecule has 10 heteroatoms. The standard InChI is InChI=1S/C28H24F4N6/c29-27(30)11-21(35-15-27)25-33-13-23(37-25)19-7-3-17(4-8-19)1-2-18-5-9-20(10-6-18)24-14-34-26(38-24)22-12-28(31,32)16-36-22/h3-10,13-14,21-22,35-36H,11-12,15-16H2,(H,33,37)(H,34,38)/t21-,22-/m0/s1. The number of aromatic nitrogens is 4. The van der Waals surface area contributed by atoms with Gasteiger partial charge in [-0.1, -0.05) is 36.1 Å². The van der Waals surface area contributed by atoms with Crippen LogP contribution in [0.3, 0.4) is 0 Å². The van der Waals surface area contributed by atoms with E-state index in [9.17, 15) is 17.6 Å². The third-order valence-electron chi connectivity index (χ3n) is 6.81. The van der Waals surface area contributed by atoms with Crippen LogP contribution in [0.2, 0.25) is 0 Å². The number of alkyl halides is 4. The van der Waals surface area contributed by atoms with E-state index in [-0.39, 0.29) is 25.9 Å². The molecule has 4 aromatic rings. The summed E-state index contributed by atoms with van der Waals surface area (Å²) >= 11 is 0. The number of rotatable bonds is 4. The highest BCUT2D eigenvalue weighted by atomic mass is 19.3. The third-order valence-corrected chi connectivity index (χ3v) is 6.81. The Bertz CT molecular complexity index is 1380. The number of halogens is 4. The fourth-order valence-corrected chi connectivity index (χ4v) is 4.75. The Morgan fingerprint density at radius 1 is 0.632 bits per heavy atom. The van der Waals surface area contributed by atoms with Gasteiger partial charge in [0.15, 0.2) is 0 Å². The number of benzene rings is 2. The number of imidazole rings is 2. The Labute approximate surface area is 216 Å². The Balaban J connectivity index is 1.09. The van der Waals surface area contributed by atoms with Crippen LogP contribution in [-0.4, -0.2) is 44.9 Å². The molecule has 6 rings (SSSR count). The molecule has 2 aliphatic heterocycles. The first-order valence-corrected chi connectivity index (χ1v) is 12.3. The molecule has 194 valence electrons. The van der Waals surface area contributed by atoms with Gasteiger partial charge in [-0.05, 0) is 35.4 Å². The SMILES string of the molecule is FC1(F)CN[C@H](c2ncc(-c3ccc(C#Cc4ccc(-c5cnc([C@@H]6CC(F)(F)CN6)[nH]5)cc4)cc3)[nH]2)C1. The summed E-state index contributed by atoms with van der Waals surface area (Å²) in [4.78, 5) is 14.8. The van der Waals surface area contributed by atoms with Gasteiger partial charge < -0.3 is 20.6 Å². The van der Waals surface area contributed by atoms with E-state index in [1.807, 2.05) is 48.5 Å². The molecule has 0 amide bonds. The molecule has 4 N–H and O–H groups in total. The summed E-state index contributed by atoms with van der Waals surface area (Å²) < 4.78 is 53.9. The lowest BCUT2D eigenvalue weighted by molar-refractivity contribution is 0.0201. The zero-order valence-corrected chi connectivity index (χ0v) is 20.2. The van der Waals surface area contributed by atoms with Crippen LogP contribution in [0.15, 0.2) is 60.9 Å². The van der Waals surface area contributed by atoms with Gasteiger partial charge in [0.25, 0.3) is 11.8 Å². The van der Waals surface area contributed by atoms with Gasteiger partial charge in [-0.15, -0.1) is 0 Å². The van der Waals surface area contributed by atoms with Crippen molar-refractivity contribution in [2.45, 2.75) is 36.8 Å². The monoisotopic (exact) mass is 520 g/mol. The van der Waals surface area contributed by atoms with Crippen molar-refractivity contribution in [2.75, 3.05) is 13.1 Å². The average molecular weight is 521 g/mol. The van der Waals surface area contributed by atoms with Crippen LogP contribution in [0, 0.1) is 11.8 Å². The largest absolute Gasteiger partial charge is 0.341 e. The summed E-state index contributed by atoms with van der Waals surface area (Å²) in [5.41, 5.74) is 4.94. The quantitative estimate of drug-likeness (QED) is 0.220. The lowest BCUT2D eigenvalue weighted by atomic mass is 10.1. The molecular formula is C28H24F4N6. The maximum atomic E-state index is 13.5. The topological polar surface area (TPSA) is 81.4 Å². The molecule has 0 aliphatic carbocycles. The lowest BCUT2D eigenvalue weighted by Gasteiger charge is -2.06. The minimum absolute atomic E-state index is 0.266. The summed E-state index contributed by atoms with van der Waals surface area (Å²) in [5.74, 6) is 1.87. The van der Waals surface area contributed by atoms with Crippen LogP contribution in [0.25, 0.3) is 22.5 Å². The molecule has 2 atom stereocenters. The third kappa shape index (κ3) is 5.21. The minimum atomic E-state index is -2.71. The van der Waals surface area contributed by atoms with Crippen molar-refractivity contribution in [3.8, 4) is 34.4 Å². The van der Waals surface area contributed by atoms with E-state index in [2.05, 4.69) is 42.4 Å². The molecule has 38 heavy (non-hydrogen) atoms. The van der Waals surface area contributed by atoms with E-state index in [1.54, 1.807) is 12.4 Å². The Hall–Kier alpha value is -3.94. The highest BCUT2D eigenvalue weighted by Crippen LogP contribution is 2.34.